The van der Waals surface area contributed by atoms with Gasteiger partial charge in [0.2, 0.25) is 0 Å². The minimum Gasteiger partial charge on any atom is -0.364 e. The second-order valence-electron chi connectivity index (χ2n) is 7.95. The van der Waals surface area contributed by atoms with Gasteiger partial charge in [0.05, 0.1) is 29.9 Å². The first kappa shape index (κ1) is 22.0. The Bertz CT molecular complexity index is 1350. The summed E-state index contributed by atoms with van der Waals surface area (Å²) in [5.74, 6) is 0. The van der Waals surface area contributed by atoms with Crippen molar-refractivity contribution in [1.29, 1.82) is 10.5 Å². The Kier molecular flexibility index (Phi) is 6.60. The van der Waals surface area contributed by atoms with Gasteiger partial charge in [0.1, 0.15) is 6.10 Å². The fraction of sp³-hybridized carbons (Fsp3) is 0.138. The monoisotopic (exact) mass is 429 g/mol. The van der Waals surface area contributed by atoms with Gasteiger partial charge in [-0.2, -0.15) is 10.5 Å². The van der Waals surface area contributed by atoms with Crippen molar-refractivity contribution in [3.63, 3.8) is 0 Å². The van der Waals surface area contributed by atoms with E-state index in [1.165, 1.54) is 5.56 Å². The molecule has 4 aromatic rings. The number of pyridine rings is 1. The first-order valence-electron chi connectivity index (χ1n) is 10.7. The van der Waals surface area contributed by atoms with Crippen LogP contribution in [0.25, 0.3) is 11.1 Å². The van der Waals surface area contributed by atoms with Gasteiger partial charge in [-0.15, -0.1) is 0 Å². The number of nitriles is 2. The predicted octanol–water partition coefficient (Wildman–Crippen LogP) is 6.42. The molecule has 160 valence electrons. The highest BCUT2D eigenvalue weighted by atomic mass is 16.5. The van der Waals surface area contributed by atoms with E-state index in [4.69, 9.17) is 10.00 Å². The molecule has 0 aliphatic heterocycles. The Labute approximate surface area is 194 Å². The normalized spacial score (nSPS) is 11.4. The summed E-state index contributed by atoms with van der Waals surface area (Å²) in [6.07, 6.45) is 3.19. The molecule has 0 saturated heterocycles. The van der Waals surface area contributed by atoms with Gasteiger partial charge >= 0.3 is 0 Å². The summed E-state index contributed by atoms with van der Waals surface area (Å²) in [4.78, 5) is 4.28. The van der Waals surface area contributed by atoms with Gasteiger partial charge in [0, 0.05) is 23.5 Å². The van der Waals surface area contributed by atoms with Crippen molar-refractivity contribution in [2.45, 2.75) is 26.6 Å². The summed E-state index contributed by atoms with van der Waals surface area (Å²) >= 11 is 0. The summed E-state index contributed by atoms with van der Waals surface area (Å²) in [5.41, 5.74) is 8.39. The van der Waals surface area contributed by atoms with Crippen LogP contribution in [0.15, 0.2) is 85.2 Å². The van der Waals surface area contributed by atoms with Crippen molar-refractivity contribution in [1.82, 2.24) is 4.98 Å². The molecule has 0 aliphatic carbocycles. The molecule has 3 aromatic carbocycles. The van der Waals surface area contributed by atoms with E-state index >= 15 is 0 Å². The van der Waals surface area contributed by atoms with E-state index in [0.29, 0.717) is 17.7 Å². The molecule has 0 fully saturated rings. The molecule has 1 atom stereocenters. The Morgan fingerprint density at radius 2 is 1.67 bits per heavy atom. The third kappa shape index (κ3) is 4.83. The lowest BCUT2D eigenvalue weighted by molar-refractivity contribution is 0.0665. The predicted molar refractivity (Wildman–Crippen MR) is 128 cm³/mol. The highest BCUT2D eigenvalue weighted by Crippen LogP contribution is 2.34. The maximum Gasteiger partial charge on any atom is 0.109 e. The lowest BCUT2D eigenvalue weighted by Gasteiger charge is -2.21. The van der Waals surface area contributed by atoms with Gasteiger partial charge in [-0.1, -0.05) is 42.5 Å². The first-order valence-corrected chi connectivity index (χ1v) is 10.7. The highest BCUT2D eigenvalue weighted by Gasteiger charge is 2.19. The van der Waals surface area contributed by atoms with Crippen LogP contribution in [0.5, 0.6) is 0 Å². The smallest absolute Gasteiger partial charge is 0.109 e. The lowest BCUT2D eigenvalue weighted by atomic mass is 9.90. The van der Waals surface area contributed by atoms with Crippen LogP contribution in [-0.2, 0) is 11.3 Å². The number of hydrogen-bond donors (Lipinski definition) is 0. The zero-order valence-corrected chi connectivity index (χ0v) is 18.6. The maximum atomic E-state index is 9.77. The zero-order valence-electron chi connectivity index (χ0n) is 18.6. The van der Waals surface area contributed by atoms with Gasteiger partial charge < -0.3 is 4.74 Å². The summed E-state index contributed by atoms with van der Waals surface area (Å²) in [6.45, 7) is 4.54. The van der Waals surface area contributed by atoms with Crippen molar-refractivity contribution in [3.05, 3.63) is 124 Å². The summed E-state index contributed by atoms with van der Waals surface area (Å²) in [7, 11) is 0. The number of hydrogen-bond acceptors (Lipinski definition) is 4. The number of ether oxygens (including phenoxy) is 1. The van der Waals surface area contributed by atoms with Crippen LogP contribution in [0.2, 0.25) is 0 Å². The minimum absolute atomic E-state index is 0.356. The largest absolute Gasteiger partial charge is 0.364 e. The van der Waals surface area contributed by atoms with E-state index in [2.05, 4.69) is 49.2 Å². The topological polar surface area (TPSA) is 69.7 Å². The molecular formula is C29H23N3O. The molecule has 0 amide bonds. The average molecular weight is 430 g/mol. The number of benzene rings is 3. The molecule has 4 heteroatoms. The Morgan fingerprint density at radius 1 is 0.848 bits per heavy atom. The number of aromatic nitrogens is 1. The van der Waals surface area contributed by atoms with Crippen LogP contribution in [-0.4, -0.2) is 4.98 Å². The molecule has 1 unspecified atom stereocenters. The van der Waals surface area contributed by atoms with Crippen molar-refractivity contribution in [2.24, 2.45) is 0 Å². The number of aryl methyl sites for hydroxylation is 1. The fourth-order valence-corrected chi connectivity index (χ4v) is 3.86. The van der Waals surface area contributed by atoms with Crippen molar-refractivity contribution < 1.29 is 4.74 Å². The summed E-state index contributed by atoms with van der Waals surface area (Å²) in [6, 6.07) is 27.8. The molecule has 0 radical (unpaired) electrons. The van der Waals surface area contributed by atoms with Crippen LogP contribution in [0.1, 0.15) is 45.0 Å². The second kappa shape index (κ2) is 9.92. The fourth-order valence-electron chi connectivity index (χ4n) is 3.86. The van der Waals surface area contributed by atoms with Crippen LogP contribution in [0, 0.1) is 36.5 Å². The third-order valence-electron chi connectivity index (χ3n) is 5.85. The average Bonchev–Trinajstić information content (AvgIpc) is 2.87. The molecule has 4 rings (SSSR count). The van der Waals surface area contributed by atoms with Gasteiger partial charge in [0.15, 0.2) is 0 Å². The summed E-state index contributed by atoms with van der Waals surface area (Å²) < 4.78 is 6.39. The molecule has 33 heavy (non-hydrogen) atoms. The maximum absolute atomic E-state index is 9.77. The van der Waals surface area contributed by atoms with E-state index in [0.717, 1.165) is 33.4 Å². The van der Waals surface area contributed by atoms with Crippen LogP contribution in [0.4, 0.5) is 0 Å². The van der Waals surface area contributed by atoms with Crippen LogP contribution < -0.4 is 0 Å². The van der Waals surface area contributed by atoms with Gasteiger partial charge in [-0.3, -0.25) is 4.98 Å². The Morgan fingerprint density at radius 3 is 2.36 bits per heavy atom. The van der Waals surface area contributed by atoms with E-state index < -0.39 is 0 Å². The van der Waals surface area contributed by atoms with E-state index in [1.54, 1.807) is 24.5 Å². The van der Waals surface area contributed by atoms with Gasteiger partial charge in [-0.05, 0) is 72.0 Å². The summed E-state index contributed by atoms with van der Waals surface area (Å²) in [5, 5.41) is 18.8. The molecule has 0 spiro atoms. The molecule has 4 nitrogen and oxygen atoms in total. The molecule has 1 aromatic heterocycles. The van der Waals surface area contributed by atoms with E-state index in [-0.39, 0.29) is 6.10 Å². The Hall–Kier alpha value is -4.25. The molecule has 0 aliphatic rings. The molecule has 1 heterocycles. The van der Waals surface area contributed by atoms with Crippen molar-refractivity contribution >= 4 is 0 Å². The third-order valence-corrected chi connectivity index (χ3v) is 5.85. The molecular weight excluding hydrogens is 406 g/mol. The minimum atomic E-state index is -0.356. The first-order chi connectivity index (χ1) is 16.1. The number of nitrogens with zero attached hydrogens (tertiary/aromatic N) is 3. The van der Waals surface area contributed by atoms with Crippen molar-refractivity contribution in [3.8, 4) is 23.3 Å². The molecule has 0 saturated carbocycles. The zero-order chi connectivity index (χ0) is 23.2. The SMILES string of the molecule is Cc1cccc(-c2cc(C(OCc3ccc(C#N)cc3)c3cccnc3)ccc2C#N)c1C. The van der Waals surface area contributed by atoms with Crippen LogP contribution >= 0.6 is 0 Å². The van der Waals surface area contributed by atoms with Gasteiger partial charge in [-0.25, -0.2) is 0 Å². The van der Waals surface area contributed by atoms with E-state index in [9.17, 15) is 5.26 Å². The second-order valence-corrected chi connectivity index (χ2v) is 7.95. The van der Waals surface area contributed by atoms with E-state index in [1.807, 2.05) is 42.5 Å². The standard InChI is InChI=1S/C29H23N3O/c1-20-5-3-7-27(21(20)2)28-15-24(12-13-25(28)17-31)29(26-6-4-14-32-18-26)33-19-23-10-8-22(16-30)9-11-23/h3-15,18,29H,19H2,1-2H3. The van der Waals surface area contributed by atoms with Crippen LogP contribution in [0.3, 0.4) is 0 Å². The highest BCUT2D eigenvalue weighted by molar-refractivity contribution is 5.75. The van der Waals surface area contributed by atoms with Crippen molar-refractivity contribution in [2.75, 3.05) is 0 Å². The molecule has 0 N–H and O–H groups in total. The van der Waals surface area contributed by atoms with Gasteiger partial charge in [0.25, 0.3) is 0 Å². The number of rotatable bonds is 6. The lowest BCUT2D eigenvalue weighted by Crippen LogP contribution is -2.08. The Balaban J connectivity index is 1.74. The molecule has 0 bridgehead atoms. The quantitative estimate of drug-likeness (QED) is 0.355.